The van der Waals surface area contributed by atoms with Gasteiger partial charge in [-0.15, -0.1) is 0 Å². The van der Waals surface area contributed by atoms with Gasteiger partial charge in [0.2, 0.25) is 0 Å². The Labute approximate surface area is 145 Å². The quantitative estimate of drug-likeness (QED) is 0.321. The minimum Gasteiger partial charge on any atom is -0.465 e. The highest BCUT2D eigenvalue weighted by molar-refractivity contribution is 14.1. The summed E-state index contributed by atoms with van der Waals surface area (Å²) < 4.78 is 12.6. The monoisotopic (exact) mass is 431 g/mol. The summed E-state index contributed by atoms with van der Waals surface area (Å²) in [5.41, 5.74) is 0.477. The molecule has 1 saturated heterocycles. The van der Waals surface area contributed by atoms with Gasteiger partial charge in [-0.25, -0.2) is 9.48 Å². The minimum atomic E-state index is -0.623. The van der Waals surface area contributed by atoms with Crippen LogP contribution < -0.4 is 0 Å². The molecule has 1 aromatic heterocycles. The number of fused-ring (bicyclic) bond motifs is 1. The molecule has 122 valence electrons. The molecule has 0 amide bonds. The van der Waals surface area contributed by atoms with Crippen molar-refractivity contribution in [2.24, 2.45) is 0 Å². The number of carbonyl (C=O) groups excluding carboxylic acids is 1. The van der Waals surface area contributed by atoms with Gasteiger partial charge in [0, 0.05) is 12.7 Å². The normalized spacial score (nSPS) is 18.1. The van der Waals surface area contributed by atoms with Crippen molar-refractivity contribution in [3.8, 4) is 0 Å². The molecular formula is C14H14IN3O5. The zero-order chi connectivity index (χ0) is 16.6. The maximum absolute atomic E-state index is 11.8. The lowest BCUT2D eigenvalue weighted by Crippen LogP contribution is -2.19. The van der Waals surface area contributed by atoms with Crippen LogP contribution in [0.5, 0.6) is 0 Å². The van der Waals surface area contributed by atoms with Crippen molar-refractivity contribution in [2.45, 2.75) is 25.5 Å². The highest BCUT2D eigenvalue weighted by Crippen LogP contribution is 2.35. The Bertz CT molecular complexity index is 782. The number of aromatic nitrogens is 2. The van der Waals surface area contributed by atoms with E-state index in [9.17, 15) is 14.9 Å². The molecule has 2 heterocycles. The summed E-state index contributed by atoms with van der Waals surface area (Å²) in [6.45, 7) is 0.626. The molecule has 1 unspecified atom stereocenters. The second-order valence-corrected chi connectivity index (χ2v) is 6.22. The molecule has 0 N–H and O–H groups in total. The van der Waals surface area contributed by atoms with E-state index in [0.29, 0.717) is 21.2 Å². The average molecular weight is 431 g/mol. The van der Waals surface area contributed by atoms with Crippen LogP contribution in [0.4, 0.5) is 5.69 Å². The van der Waals surface area contributed by atoms with Gasteiger partial charge in [0.1, 0.15) is 9.09 Å². The number of halogens is 1. The van der Waals surface area contributed by atoms with Crippen LogP contribution in [0.3, 0.4) is 0 Å². The number of non-ortho nitro benzene ring substituents is 1. The van der Waals surface area contributed by atoms with Gasteiger partial charge in [-0.05, 0) is 47.9 Å². The fraction of sp³-hybridized carbons (Fsp3) is 0.429. The van der Waals surface area contributed by atoms with Gasteiger partial charge in [-0.2, -0.15) is 5.10 Å². The Morgan fingerprint density at radius 3 is 2.91 bits per heavy atom. The van der Waals surface area contributed by atoms with E-state index >= 15 is 0 Å². The number of rotatable bonds is 3. The van der Waals surface area contributed by atoms with E-state index in [2.05, 4.69) is 9.84 Å². The first-order valence-corrected chi connectivity index (χ1v) is 8.17. The number of ether oxygens (including phenoxy) is 2. The van der Waals surface area contributed by atoms with Crippen molar-refractivity contribution in [1.82, 2.24) is 9.78 Å². The smallest absolute Gasteiger partial charge is 0.338 e. The third-order valence-electron chi connectivity index (χ3n) is 3.79. The summed E-state index contributed by atoms with van der Waals surface area (Å²) >= 11 is 1.96. The summed E-state index contributed by atoms with van der Waals surface area (Å²) in [5.74, 6) is -0.623. The van der Waals surface area contributed by atoms with Crippen LogP contribution in [0.2, 0.25) is 0 Å². The van der Waals surface area contributed by atoms with Gasteiger partial charge in [-0.3, -0.25) is 10.1 Å². The van der Waals surface area contributed by atoms with Gasteiger partial charge in [-0.1, -0.05) is 0 Å². The molecule has 1 aliphatic rings. The summed E-state index contributed by atoms with van der Waals surface area (Å²) in [6.07, 6.45) is 2.49. The van der Waals surface area contributed by atoms with Gasteiger partial charge in [0.05, 0.1) is 23.1 Å². The predicted octanol–water partition coefficient (Wildman–Crippen LogP) is 3.03. The molecule has 2 aromatic rings. The molecule has 9 heteroatoms. The average Bonchev–Trinajstić information content (AvgIpc) is 2.91. The summed E-state index contributed by atoms with van der Waals surface area (Å²) in [7, 11) is 1.24. The summed E-state index contributed by atoms with van der Waals surface area (Å²) in [6, 6.07) is 2.80. The van der Waals surface area contributed by atoms with Crippen LogP contribution >= 0.6 is 22.6 Å². The van der Waals surface area contributed by atoms with Gasteiger partial charge in [0.15, 0.2) is 6.23 Å². The van der Waals surface area contributed by atoms with Crippen LogP contribution in [0.15, 0.2) is 12.1 Å². The summed E-state index contributed by atoms with van der Waals surface area (Å²) in [4.78, 5) is 22.7. The molecule has 23 heavy (non-hydrogen) atoms. The molecule has 1 aliphatic heterocycles. The fourth-order valence-electron chi connectivity index (χ4n) is 2.72. The summed E-state index contributed by atoms with van der Waals surface area (Å²) in [5, 5.41) is 16.2. The third kappa shape index (κ3) is 2.90. The first-order valence-electron chi connectivity index (χ1n) is 7.09. The molecule has 1 aromatic carbocycles. The molecule has 0 radical (unpaired) electrons. The van der Waals surface area contributed by atoms with Crippen LogP contribution in [-0.4, -0.2) is 34.4 Å². The van der Waals surface area contributed by atoms with Crippen LogP contribution in [0.1, 0.15) is 35.8 Å². The van der Waals surface area contributed by atoms with Crippen molar-refractivity contribution >= 4 is 45.2 Å². The molecule has 8 nitrogen and oxygen atoms in total. The molecule has 0 saturated carbocycles. The SMILES string of the molecule is COC(=O)c1cc([N+](=O)[O-])c2c(I)nn(C3CCCCO3)c2c1. The first-order chi connectivity index (χ1) is 11.0. The maximum Gasteiger partial charge on any atom is 0.338 e. The number of esters is 1. The van der Waals surface area contributed by atoms with Crippen LogP contribution in [0.25, 0.3) is 10.9 Å². The zero-order valence-electron chi connectivity index (χ0n) is 12.3. The molecule has 0 aliphatic carbocycles. The van der Waals surface area contributed by atoms with Gasteiger partial charge < -0.3 is 9.47 Å². The van der Waals surface area contributed by atoms with E-state index in [1.54, 1.807) is 10.7 Å². The molecular weight excluding hydrogens is 417 g/mol. The number of carbonyl (C=O) groups is 1. The Hall–Kier alpha value is -1.75. The largest absolute Gasteiger partial charge is 0.465 e. The highest BCUT2D eigenvalue weighted by Gasteiger charge is 2.27. The lowest BCUT2D eigenvalue weighted by Gasteiger charge is -2.23. The lowest BCUT2D eigenvalue weighted by atomic mass is 10.1. The van der Waals surface area contributed by atoms with Crippen LogP contribution in [-0.2, 0) is 9.47 Å². The van der Waals surface area contributed by atoms with E-state index in [-0.39, 0.29) is 17.5 Å². The van der Waals surface area contributed by atoms with Gasteiger partial charge in [0.25, 0.3) is 5.69 Å². The molecule has 1 fully saturated rings. The second-order valence-electron chi connectivity index (χ2n) is 5.19. The van der Waals surface area contributed by atoms with Gasteiger partial charge >= 0.3 is 5.97 Å². The van der Waals surface area contributed by atoms with E-state index in [1.807, 2.05) is 22.6 Å². The van der Waals surface area contributed by atoms with E-state index < -0.39 is 10.9 Å². The number of hydrogen-bond acceptors (Lipinski definition) is 6. The van der Waals surface area contributed by atoms with E-state index in [1.165, 1.54) is 13.2 Å². The Morgan fingerprint density at radius 2 is 2.30 bits per heavy atom. The highest BCUT2D eigenvalue weighted by atomic mass is 127. The topological polar surface area (TPSA) is 96.5 Å². The number of nitrogens with zero attached hydrogens (tertiary/aromatic N) is 3. The van der Waals surface area contributed by atoms with Crippen molar-refractivity contribution in [3.63, 3.8) is 0 Å². The predicted molar refractivity (Wildman–Crippen MR) is 89.3 cm³/mol. The zero-order valence-corrected chi connectivity index (χ0v) is 14.5. The van der Waals surface area contributed by atoms with Crippen molar-refractivity contribution in [3.05, 3.63) is 31.5 Å². The Kier molecular flexibility index (Phi) is 4.48. The van der Waals surface area contributed by atoms with E-state index in [0.717, 1.165) is 19.3 Å². The number of nitro benzene ring substituents is 1. The third-order valence-corrected chi connectivity index (χ3v) is 4.55. The first kappa shape index (κ1) is 16.1. The maximum atomic E-state index is 11.8. The number of hydrogen-bond donors (Lipinski definition) is 0. The van der Waals surface area contributed by atoms with Crippen molar-refractivity contribution in [1.29, 1.82) is 0 Å². The second kappa shape index (κ2) is 6.40. The lowest BCUT2D eigenvalue weighted by molar-refractivity contribution is -0.383. The Morgan fingerprint density at radius 1 is 1.52 bits per heavy atom. The fourth-order valence-corrected chi connectivity index (χ4v) is 3.50. The van der Waals surface area contributed by atoms with Crippen molar-refractivity contribution in [2.75, 3.05) is 13.7 Å². The van der Waals surface area contributed by atoms with Crippen molar-refractivity contribution < 1.29 is 19.2 Å². The number of nitro groups is 1. The molecule has 1 atom stereocenters. The minimum absolute atomic E-state index is 0.125. The molecule has 3 rings (SSSR count). The molecule has 0 bridgehead atoms. The molecule has 0 spiro atoms. The number of methoxy groups -OCH3 is 1. The van der Waals surface area contributed by atoms with Crippen LogP contribution in [0, 0.1) is 13.8 Å². The Balaban J connectivity index is 2.24. The standard InChI is InChI=1S/C14H14IN3O5/c1-22-14(19)8-6-9-12(10(7-8)18(20)21)13(15)16-17(9)11-4-2-3-5-23-11/h6-7,11H,2-5H2,1H3. The van der Waals surface area contributed by atoms with E-state index in [4.69, 9.17) is 4.74 Å². The number of benzene rings is 1.